The first kappa shape index (κ1) is 12.5. The van der Waals surface area contributed by atoms with Gasteiger partial charge in [0.05, 0.1) is 0 Å². The molecule has 0 aromatic heterocycles. The third kappa shape index (κ3) is 3.07. The highest BCUT2D eigenvalue weighted by Gasteiger charge is 1.96. The van der Waals surface area contributed by atoms with Gasteiger partial charge in [-0.3, -0.25) is 0 Å². The van der Waals surface area contributed by atoms with Crippen molar-refractivity contribution >= 4 is 16.8 Å². The summed E-state index contributed by atoms with van der Waals surface area (Å²) in [4.78, 5) is 0. The summed E-state index contributed by atoms with van der Waals surface area (Å²) in [5, 5.41) is 2.35. The van der Waals surface area contributed by atoms with Crippen molar-refractivity contribution in [1.82, 2.24) is 0 Å². The zero-order valence-electron chi connectivity index (χ0n) is 11.1. The molecule has 0 heterocycles. The van der Waals surface area contributed by atoms with Gasteiger partial charge in [0, 0.05) is 6.07 Å². The van der Waals surface area contributed by atoms with Crippen LogP contribution in [0, 0.1) is 6.07 Å². The van der Waals surface area contributed by atoms with E-state index >= 15 is 0 Å². The number of hydrogen-bond acceptors (Lipinski definition) is 1. The van der Waals surface area contributed by atoms with Gasteiger partial charge in [-0.2, -0.15) is 0 Å². The lowest BCUT2D eigenvalue weighted by molar-refractivity contribution is 0.363. The van der Waals surface area contributed by atoms with E-state index in [0.29, 0.717) is 6.61 Å². The lowest BCUT2D eigenvalue weighted by Crippen LogP contribution is -1.93. The number of ether oxygens (including phenoxy) is 1. The first-order chi connectivity index (χ1) is 9.92. The van der Waals surface area contributed by atoms with Crippen LogP contribution in [0.2, 0.25) is 0 Å². The third-order valence-electron chi connectivity index (χ3n) is 3.10. The van der Waals surface area contributed by atoms with Crippen LogP contribution in [-0.4, -0.2) is 6.61 Å². The fourth-order valence-electron chi connectivity index (χ4n) is 2.08. The molecule has 3 rings (SSSR count). The van der Waals surface area contributed by atoms with Crippen molar-refractivity contribution in [2.24, 2.45) is 0 Å². The van der Waals surface area contributed by atoms with Crippen molar-refractivity contribution in [3.05, 3.63) is 84.4 Å². The largest absolute Gasteiger partial charge is 0.489 e. The number of rotatable bonds is 4. The van der Waals surface area contributed by atoms with Gasteiger partial charge < -0.3 is 4.74 Å². The molecule has 20 heavy (non-hydrogen) atoms. The molecule has 1 radical (unpaired) electrons. The average Bonchev–Trinajstić information content (AvgIpc) is 2.52. The molecular weight excluding hydrogens is 244 g/mol. The Hall–Kier alpha value is -2.54. The van der Waals surface area contributed by atoms with Crippen LogP contribution in [0.1, 0.15) is 5.56 Å². The molecule has 3 aromatic rings. The molecule has 0 unspecified atom stereocenters. The van der Waals surface area contributed by atoms with Gasteiger partial charge >= 0.3 is 0 Å². The van der Waals surface area contributed by atoms with Crippen LogP contribution in [-0.2, 0) is 0 Å². The van der Waals surface area contributed by atoms with Gasteiger partial charge in [-0.25, -0.2) is 0 Å². The van der Waals surface area contributed by atoms with Crippen molar-refractivity contribution < 1.29 is 4.74 Å². The van der Waals surface area contributed by atoms with E-state index in [2.05, 4.69) is 36.4 Å². The monoisotopic (exact) mass is 259 g/mol. The maximum Gasteiger partial charge on any atom is 0.128 e. The van der Waals surface area contributed by atoms with E-state index in [1.807, 2.05) is 48.5 Å². The smallest absolute Gasteiger partial charge is 0.128 e. The summed E-state index contributed by atoms with van der Waals surface area (Å²) in [5.41, 5.74) is 1.18. The van der Waals surface area contributed by atoms with Crippen molar-refractivity contribution in [3.8, 4) is 5.75 Å². The summed E-state index contributed by atoms with van der Waals surface area (Å²) in [6.45, 7) is 0.545. The van der Waals surface area contributed by atoms with Crippen molar-refractivity contribution in [3.63, 3.8) is 0 Å². The van der Waals surface area contributed by atoms with E-state index in [1.165, 1.54) is 16.3 Å². The molecule has 3 aromatic carbocycles. The molecule has 0 amide bonds. The van der Waals surface area contributed by atoms with Crippen LogP contribution in [0.15, 0.2) is 72.8 Å². The van der Waals surface area contributed by atoms with Gasteiger partial charge in [-0.1, -0.05) is 60.7 Å². The third-order valence-corrected chi connectivity index (χ3v) is 3.10. The Labute approximate surface area is 119 Å². The second kappa shape index (κ2) is 6.07. The quantitative estimate of drug-likeness (QED) is 0.658. The Kier molecular flexibility index (Phi) is 3.79. The number of benzene rings is 3. The Morgan fingerprint density at radius 1 is 0.900 bits per heavy atom. The predicted octanol–water partition coefficient (Wildman–Crippen LogP) is 4.73. The predicted molar refractivity (Wildman–Crippen MR) is 83.8 cm³/mol. The van der Waals surface area contributed by atoms with Crippen molar-refractivity contribution in [2.75, 3.05) is 6.61 Å². The van der Waals surface area contributed by atoms with Crippen LogP contribution in [0.25, 0.3) is 16.8 Å². The molecule has 0 bridgehead atoms. The highest BCUT2D eigenvalue weighted by Crippen LogP contribution is 2.19. The lowest BCUT2D eigenvalue weighted by Gasteiger charge is -2.04. The second-order valence-electron chi connectivity index (χ2n) is 4.55. The van der Waals surface area contributed by atoms with Crippen LogP contribution < -0.4 is 4.74 Å². The summed E-state index contributed by atoms with van der Waals surface area (Å²) in [7, 11) is 0. The summed E-state index contributed by atoms with van der Waals surface area (Å²) >= 11 is 0. The normalized spacial score (nSPS) is 11.0. The molecule has 97 valence electrons. The minimum absolute atomic E-state index is 0.545. The zero-order valence-corrected chi connectivity index (χ0v) is 11.1. The van der Waals surface area contributed by atoms with Crippen molar-refractivity contribution in [2.45, 2.75) is 0 Å². The topological polar surface area (TPSA) is 9.23 Å². The Morgan fingerprint density at radius 3 is 2.50 bits per heavy atom. The van der Waals surface area contributed by atoms with E-state index in [-0.39, 0.29) is 0 Å². The Morgan fingerprint density at radius 2 is 1.65 bits per heavy atom. The van der Waals surface area contributed by atoms with Gasteiger partial charge in [0.1, 0.15) is 12.4 Å². The van der Waals surface area contributed by atoms with E-state index in [9.17, 15) is 0 Å². The minimum atomic E-state index is 0.545. The molecule has 0 N–H and O–H groups in total. The summed E-state index contributed by atoms with van der Waals surface area (Å²) in [6, 6.07) is 25.5. The molecule has 1 heteroatoms. The molecule has 0 saturated heterocycles. The van der Waals surface area contributed by atoms with E-state index in [0.717, 1.165) is 5.75 Å². The van der Waals surface area contributed by atoms with Gasteiger partial charge in [0.15, 0.2) is 0 Å². The van der Waals surface area contributed by atoms with Crippen LogP contribution >= 0.6 is 0 Å². The maximum atomic E-state index is 5.69. The molecule has 0 saturated carbocycles. The molecule has 0 fully saturated rings. The van der Waals surface area contributed by atoms with Crippen LogP contribution in [0.5, 0.6) is 5.75 Å². The van der Waals surface area contributed by atoms with E-state index < -0.39 is 0 Å². The molecule has 0 aliphatic rings. The van der Waals surface area contributed by atoms with E-state index in [4.69, 9.17) is 4.74 Å². The zero-order chi connectivity index (χ0) is 13.6. The second-order valence-corrected chi connectivity index (χ2v) is 4.55. The summed E-state index contributed by atoms with van der Waals surface area (Å²) < 4.78 is 5.69. The maximum absolute atomic E-state index is 5.69. The number of fused-ring (bicyclic) bond motifs is 1. The SMILES string of the molecule is [c]1cc2ccccc2cc1OCC=Cc1ccccc1. The van der Waals surface area contributed by atoms with Gasteiger partial charge in [-0.15, -0.1) is 0 Å². The first-order valence-corrected chi connectivity index (χ1v) is 6.67. The van der Waals surface area contributed by atoms with Crippen molar-refractivity contribution in [1.29, 1.82) is 0 Å². The average molecular weight is 259 g/mol. The lowest BCUT2D eigenvalue weighted by atomic mass is 10.1. The number of hydrogen-bond donors (Lipinski definition) is 0. The highest BCUT2D eigenvalue weighted by molar-refractivity contribution is 5.83. The first-order valence-electron chi connectivity index (χ1n) is 6.67. The Bertz CT molecular complexity index is 714. The molecule has 0 aliphatic carbocycles. The molecule has 1 nitrogen and oxygen atoms in total. The minimum Gasteiger partial charge on any atom is -0.489 e. The van der Waals surface area contributed by atoms with Gasteiger partial charge in [0.2, 0.25) is 0 Å². The van der Waals surface area contributed by atoms with Crippen LogP contribution in [0.4, 0.5) is 0 Å². The molecule has 0 aliphatic heterocycles. The Balaban J connectivity index is 1.64. The van der Waals surface area contributed by atoms with Gasteiger partial charge in [0.25, 0.3) is 0 Å². The van der Waals surface area contributed by atoms with Gasteiger partial charge in [-0.05, 0) is 34.5 Å². The molecular formula is C19H15O. The summed E-state index contributed by atoms with van der Waals surface area (Å²) in [5.74, 6) is 0.779. The van der Waals surface area contributed by atoms with Crippen LogP contribution in [0.3, 0.4) is 0 Å². The fourth-order valence-corrected chi connectivity index (χ4v) is 2.08. The molecule has 0 spiro atoms. The fraction of sp³-hybridized carbons (Fsp3) is 0.0526. The standard InChI is InChI=1S/C19H15O/c1-2-7-16(8-3-1)9-6-14-20-19-13-12-17-10-4-5-11-18(17)15-19/h1-12,15H,14H2. The van der Waals surface area contributed by atoms with E-state index in [1.54, 1.807) is 0 Å². The summed E-state index contributed by atoms with van der Waals surface area (Å²) in [6.07, 6.45) is 4.07. The highest BCUT2D eigenvalue weighted by atomic mass is 16.5. The molecule has 0 atom stereocenters.